The highest BCUT2D eigenvalue weighted by atomic mass is 16.7. The zero-order chi connectivity index (χ0) is 29.3. The Kier molecular flexibility index (Phi) is 9.38. The second-order valence-electron chi connectivity index (χ2n) is 10.7. The molecule has 1 aliphatic heterocycles. The van der Waals surface area contributed by atoms with Gasteiger partial charge in [0.25, 0.3) is 0 Å². The summed E-state index contributed by atoms with van der Waals surface area (Å²) in [6, 6.07) is 50.5. The fourth-order valence-electron chi connectivity index (χ4n) is 5.73. The molecule has 0 spiro atoms. The van der Waals surface area contributed by atoms with Crippen LogP contribution in [0.2, 0.25) is 0 Å². The monoisotopic (exact) mass is 572 g/mol. The molecular formula is C38H36O5. The summed E-state index contributed by atoms with van der Waals surface area (Å²) in [6.45, 7) is 0.831. The number of hydrogen-bond donors (Lipinski definition) is 1. The minimum Gasteiger partial charge on any atom is -0.368 e. The molecule has 1 saturated heterocycles. The van der Waals surface area contributed by atoms with E-state index in [2.05, 4.69) is 36.4 Å². The molecule has 1 heterocycles. The van der Waals surface area contributed by atoms with Gasteiger partial charge in [0.1, 0.15) is 23.9 Å². The molecule has 1 fully saturated rings. The van der Waals surface area contributed by atoms with Gasteiger partial charge in [0.15, 0.2) is 6.29 Å². The fraction of sp³-hybridized carbons (Fsp3) is 0.211. The van der Waals surface area contributed by atoms with Crippen molar-refractivity contribution in [3.63, 3.8) is 0 Å². The lowest BCUT2D eigenvalue weighted by molar-refractivity contribution is -0.157. The molecule has 0 amide bonds. The van der Waals surface area contributed by atoms with Gasteiger partial charge in [-0.05, 0) is 27.8 Å². The molecule has 5 heteroatoms. The Balaban J connectivity index is 1.32. The van der Waals surface area contributed by atoms with Crippen LogP contribution < -0.4 is 0 Å². The Hall–Kier alpha value is -4.10. The van der Waals surface area contributed by atoms with Crippen molar-refractivity contribution in [2.45, 2.75) is 43.4 Å². The van der Waals surface area contributed by atoms with E-state index in [-0.39, 0.29) is 6.61 Å². The highest BCUT2D eigenvalue weighted by Gasteiger charge is 2.48. The van der Waals surface area contributed by atoms with Crippen LogP contribution in [0.5, 0.6) is 0 Å². The molecule has 6 rings (SSSR count). The minimum atomic E-state index is -1.17. The van der Waals surface area contributed by atoms with E-state index >= 15 is 0 Å². The molecule has 218 valence electrons. The first-order chi connectivity index (χ1) is 21.2. The summed E-state index contributed by atoms with van der Waals surface area (Å²) in [5.41, 5.74) is 4.08. The molecule has 0 unspecified atom stereocenters. The van der Waals surface area contributed by atoms with Gasteiger partial charge in [-0.15, -0.1) is 0 Å². The van der Waals surface area contributed by atoms with E-state index in [9.17, 15) is 5.11 Å². The molecule has 5 aromatic rings. The Labute approximate surface area is 253 Å². The Morgan fingerprint density at radius 3 is 1.30 bits per heavy atom. The van der Waals surface area contributed by atoms with Crippen molar-refractivity contribution in [1.29, 1.82) is 0 Å². The molecule has 5 aromatic carbocycles. The van der Waals surface area contributed by atoms with Crippen molar-refractivity contribution in [3.8, 4) is 0 Å². The topological polar surface area (TPSA) is 57.2 Å². The molecule has 0 aromatic heterocycles. The van der Waals surface area contributed by atoms with E-state index in [1.165, 1.54) is 0 Å². The van der Waals surface area contributed by atoms with Gasteiger partial charge in [0.05, 0.1) is 19.8 Å². The molecule has 43 heavy (non-hydrogen) atoms. The zero-order valence-electron chi connectivity index (χ0n) is 23.9. The third kappa shape index (κ3) is 6.62. The van der Waals surface area contributed by atoms with Crippen molar-refractivity contribution < 1.29 is 24.1 Å². The van der Waals surface area contributed by atoms with Crippen LogP contribution in [0.1, 0.15) is 27.8 Å². The lowest BCUT2D eigenvalue weighted by atomic mass is 9.80. The van der Waals surface area contributed by atoms with Gasteiger partial charge in [0, 0.05) is 0 Å². The average molecular weight is 573 g/mol. The van der Waals surface area contributed by atoms with Gasteiger partial charge < -0.3 is 24.1 Å². The number of aliphatic hydroxyl groups excluding tert-OH is 1. The van der Waals surface area contributed by atoms with E-state index < -0.39 is 30.2 Å². The van der Waals surface area contributed by atoms with Crippen molar-refractivity contribution >= 4 is 0 Å². The van der Waals surface area contributed by atoms with Crippen LogP contribution in [-0.4, -0.2) is 36.3 Å². The number of aliphatic hydroxyl groups is 1. The van der Waals surface area contributed by atoms with Crippen LogP contribution >= 0.6 is 0 Å². The molecule has 0 bridgehead atoms. The summed E-state index contributed by atoms with van der Waals surface area (Å²) in [7, 11) is 0. The molecule has 1 aliphatic rings. The third-order valence-corrected chi connectivity index (χ3v) is 7.86. The van der Waals surface area contributed by atoms with Crippen LogP contribution in [0, 0.1) is 0 Å². The SMILES string of the molecule is O[C@@H]1O[C@@H](COC(c2ccccc2)(c2ccccc2)c2ccccc2)[C@H](OCc2ccccc2)[C@H]1OCc1ccccc1. The lowest BCUT2D eigenvalue weighted by Gasteiger charge is -2.37. The van der Waals surface area contributed by atoms with Gasteiger partial charge in [0.2, 0.25) is 0 Å². The molecule has 0 aliphatic carbocycles. The van der Waals surface area contributed by atoms with Crippen molar-refractivity contribution in [2.75, 3.05) is 6.61 Å². The second-order valence-corrected chi connectivity index (χ2v) is 10.7. The van der Waals surface area contributed by atoms with Crippen LogP contribution in [0.25, 0.3) is 0 Å². The van der Waals surface area contributed by atoms with E-state index in [1.807, 2.05) is 115 Å². The summed E-state index contributed by atoms with van der Waals surface area (Å²) in [5, 5.41) is 11.1. The predicted octanol–water partition coefficient (Wildman–Crippen LogP) is 6.88. The summed E-state index contributed by atoms with van der Waals surface area (Å²) in [6.07, 6.45) is -3.02. The Morgan fingerprint density at radius 1 is 0.512 bits per heavy atom. The first-order valence-electron chi connectivity index (χ1n) is 14.7. The lowest BCUT2D eigenvalue weighted by Crippen LogP contribution is -2.41. The fourth-order valence-corrected chi connectivity index (χ4v) is 5.73. The Bertz CT molecular complexity index is 1420. The molecule has 0 saturated carbocycles. The van der Waals surface area contributed by atoms with Crippen molar-refractivity contribution in [1.82, 2.24) is 0 Å². The van der Waals surface area contributed by atoms with E-state index in [0.717, 1.165) is 27.8 Å². The molecular weight excluding hydrogens is 536 g/mol. The molecule has 0 radical (unpaired) electrons. The van der Waals surface area contributed by atoms with Crippen LogP contribution in [0.3, 0.4) is 0 Å². The zero-order valence-corrected chi connectivity index (χ0v) is 23.9. The Morgan fingerprint density at radius 2 is 0.884 bits per heavy atom. The van der Waals surface area contributed by atoms with Crippen molar-refractivity contribution in [3.05, 3.63) is 179 Å². The largest absolute Gasteiger partial charge is 0.368 e. The van der Waals surface area contributed by atoms with Gasteiger partial charge in [-0.1, -0.05) is 152 Å². The third-order valence-electron chi connectivity index (χ3n) is 7.86. The van der Waals surface area contributed by atoms with Crippen molar-refractivity contribution in [2.24, 2.45) is 0 Å². The predicted molar refractivity (Wildman–Crippen MR) is 166 cm³/mol. The molecule has 1 N–H and O–H groups in total. The van der Waals surface area contributed by atoms with E-state index in [0.29, 0.717) is 13.2 Å². The van der Waals surface area contributed by atoms with Gasteiger partial charge >= 0.3 is 0 Å². The number of benzene rings is 5. The maximum absolute atomic E-state index is 11.1. The number of rotatable bonds is 12. The molecule has 4 atom stereocenters. The summed E-state index contributed by atoms with van der Waals surface area (Å²) < 4.78 is 25.9. The van der Waals surface area contributed by atoms with Gasteiger partial charge in [-0.2, -0.15) is 0 Å². The highest BCUT2D eigenvalue weighted by molar-refractivity contribution is 5.47. The van der Waals surface area contributed by atoms with E-state index in [1.54, 1.807) is 0 Å². The summed E-state index contributed by atoms with van der Waals surface area (Å²) in [4.78, 5) is 0. The van der Waals surface area contributed by atoms with Crippen LogP contribution in [-0.2, 0) is 37.8 Å². The normalized spacial score (nSPS) is 20.2. The van der Waals surface area contributed by atoms with Crippen LogP contribution in [0.4, 0.5) is 0 Å². The second kappa shape index (κ2) is 13.9. The standard InChI is InChI=1S/C38H36O5/c39-37-36(41-27-30-18-8-2-9-19-30)35(40-26-29-16-6-1-7-17-29)34(43-37)28-42-38(31-20-10-3-11-21-31,32-22-12-4-13-23-32)33-24-14-5-15-25-33/h1-25,34-37,39H,26-28H2/t34-,35-,36+,37+/m0/s1. The first-order valence-corrected chi connectivity index (χ1v) is 14.7. The van der Waals surface area contributed by atoms with Crippen LogP contribution in [0.15, 0.2) is 152 Å². The average Bonchev–Trinajstić information content (AvgIpc) is 3.39. The first kappa shape index (κ1) is 29.0. The smallest absolute Gasteiger partial charge is 0.184 e. The minimum absolute atomic E-state index is 0.153. The quantitative estimate of drug-likeness (QED) is 0.165. The molecule has 5 nitrogen and oxygen atoms in total. The van der Waals surface area contributed by atoms with Gasteiger partial charge in [-0.25, -0.2) is 0 Å². The van der Waals surface area contributed by atoms with E-state index in [4.69, 9.17) is 18.9 Å². The highest BCUT2D eigenvalue weighted by Crippen LogP contribution is 2.41. The number of hydrogen-bond acceptors (Lipinski definition) is 5. The summed E-state index contributed by atoms with van der Waals surface area (Å²) >= 11 is 0. The number of ether oxygens (including phenoxy) is 4. The summed E-state index contributed by atoms with van der Waals surface area (Å²) in [5.74, 6) is 0. The van der Waals surface area contributed by atoms with Gasteiger partial charge in [-0.3, -0.25) is 0 Å². The maximum Gasteiger partial charge on any atom is 0.184 e. The maximum atomic E-state index is 11.1.